The maximum absolute atomic E-state index is 5.29. The van der Waals surface area contributed by atoms with Crippen molar-refractivity contribution in [3.8, 4) is 0 Å². The molecule has 3 aromatic rings. The van der Waals surface area contributed by atoms with E-state index in [0.717, 1.165) is 16.6 Å². The number of pyridine rings is 1. The van der Waals surface area contributed by atoms with Crippen LogP contribution in [0.1, 0.15) is 5.56 Å². The Bertz CT molecular complexity index is 724. The third kappa shape index (κ3) is 3.09. The van der Waals surface area contributed by atoms with Gasteiger partial charge in [0.05, 0.1) is 4.70 Å². The normalized spacial score (nSPS) is 10.4. The van der Waals surface area contributed by atoms with Crippen LogP contribution in [-0.2, 0) is 6.54 Å². The number of nitrogens with one attached hydrogen (secondary N) is 2. The first-order valence-corrected chi connectivity index (χ1v) is 7.27. The number of benzene rings is 1. The fourth-order valence-corrected chi connectivity index (χ4v) is 2.62. The lowest BCUT2D eigenvalue weighted by molar-refractivity contribution is 0.921. The number of rotatable bonds is 3. The lowest BCUT2D eigenvalue weighted by Crippen LogP contribution is -2.27. The van der Waals surface area contributed by atoms with Crippen molar-refractivity contribution in [2.45, 2.75) is 6.54 Å². The van der Waals surface area contributed by atoms with Gasteiger partial charge in [-0.2, -0.15) is 4.37 Å². The van der Waals surface area contributed by atoms with E-state index >= 15 is 0 Å². The van der Waals surface area contributed by atoms with Crippen LogP contribution < -0.4 is 10.6 Å². The molecule has 0 bridgehead atoms. The van der Waals surface area contributed by atoms with Crippen LogP contribution in [-0.4, -0.2) is 14.5 Å². The molecule has 0 fully saturated rings. The van der Waals surface area contributed by atoms with Gasteiger partial charge in [0, 0.05) is 36.2 Å². The first kappa shape index (κ1) is 13.0. The van der Waals surface area contributed by atoms with Crippen molar-refractivity contribution in [2.24, 2.45) is 0 Å². The quantitative estimate of drug-likeness (QED) is 0.728. The number of anilines is 1. The molecule has 0 spiro atoms. The molecule has 0 aliphatic carbocycles. The minimum Gasteiger partial charge on any atom is -0.358 e. The Balaban J connectivity index is 1.61. The van der Waals surface area contributed by atoms with E-state index < -0.39 is 0 Å². The van der Waals surface area contributed by atoms with Crippen LogP contribution in [0.15, 0.2) is 48.9 Å². The molecule has 0 unspecified atom stereocenters. The highest BCUT2D eigenvalue weighted by molar-refractivity contribution is 7.80. The van der Waals surface area contributed by atoms with Crippen molar-refractivity contribution in [3.63, 3.8) is 0 Å². The molecule has 0 aliphatic rings. The predicted octanol–water partition coefficient (Wildman–Crippen LogP) is 3.18. The standard InChI is InChI=1S/C14H12N4S2/c19-14(16-8-10-3-5-15-6-4-10)18-12-1-2-13-11(7-12)9-17-20-13/h1-7,9H,8H2,(H2,16,18,19). The largest absolute Gasteiger partial charge is 0.358 e. The van der Waals surface area contributed by atoms with E-state index in [0.29, 0.717) is 11.7 Å². The maximum atomic E-state index is 5.29. The Morgan fingerprint density at radius 1 is 1.20 bits per heavy atom. The van der Waals surface area contributed by atoms with Crippen molar-refractivity contribution in [1.29, 1.82) is 0 Å². The molecule has 100 valence electrons. The number of thiocarbonyl (C=S) groups is 1. The molecule has 2 heterocycles. The second-order valence-corrected chi connectivity index (χ2v) is 5.48. The Kier molecular flexibility index (Phi) is 3.85. The third-order valence-electron chi connectivity index (χ3n) is 2.81. The van der Waals surface area contributed by atoms with Crippen molar-refractivity contribution in [1.82, 2.24) is 14.7 Å². The molecular weight excluding hydrogens is 288 g/mol. The van der Waals surface area contributed by atoms with E-state index in [1.54, 1.807) is 12.4 Å². The van der Waals surface area contributed by atoms with Crippen LogP contribution in [0.2, 0.25) is 0 Å². The summed E-state index contributed by atoms with van der Waals surface area (Å²) < 4.78 is 5.33. The van der Waals surface area contributed by atoms with Gasteiger partial charge in [0.15, 0.2) is 5.11 Å². The van der Waals surface area contributed by atoms with Crippen LogP contribution in [0.5, 0.6) is 0 Å². The summed E-state index contributed by atoms with van der Waals surface area (Å²) in [4.78, 5) is 3.98. The lowest BCUT2D eigenvalue weighted by Gasteiger charge is -2.10. The molecule has 2 N–H and O–H groups in total. The summed E-state index contributed by atoms with van der Waals surface area (Å²) in [6.07, 6.45) is 5.40. The first-order chi connectivity index (χ1) is 9.81. The van der Waals surface area contributed by atoms with Crippen molar-refractivity contribution in [3.05, 3.63) is 54.5 Å². The molecule has 2 aromatic heterocycles. The van der Waals surface area contributed by atoms with Gasteiger partial charge in [-0.25, -0.2) is 0 Å². The van der Waals surface area contributed by atoms with Crippen LogP contribution in [0, 0.1) is 0 Å². The highest BCUT2D eigenvalue weighted by atomic mass is 32.1. The average molecular weight is 300 g/mol. The van der Waals surface area contributed by atoms with Gasteiger partial charge in [0.1, 0.15) is 0 Å². The number of hydrogen-bond acceptors (Lipinski definition) is 4. The third-order valence-corrected chi connectivity index (χ3v) is 3.84. The highest BCUT2D eigenvalue weighted by Crippen LogP contribution is 2.21. The van der Waals surface area contributed by atoms with E-state index in [4.69, 9.17) is 12.2 Å². The monoisotopic (exact) mass is 300 g/mol. The summed E-state index contributed by atoms with van der Waals surface area (Å²) >= 11 is 6.78. The van der Waals surface area contributed by atoms with E-state index in [1.165, 1.54) is 16.2 Å². The fraction of sp³-hybridized carbons (Fsp3) is 0.0714. The number of aromatic nitrogens is 2. The predicted molar refractivity (Wildman–Crippen MR) is 86.9 cm³/mol. The minimum absolute atomic E-state index is 0.601. The molecule has 3 rings (SSSR count). The maximum Gasteiger partial charge on any atom is 0.171 e. The van der Waals surface area contributed by atoms with E-state index in [1.807, 2.05) is 36.5 Å². The smallest absolute Gasteiger partial charge is 0.171 e. The van der Waals surface area contributed by atoms with Gasteiger partial charge < -0.3 is 10.6 Å². The Morgan fingerprint density at radius 3 is 2.90 bits per heavy atom. The zero-order valence-corrected chi connectivity index (χ0v) is 12.2. The second kappa shape index (κ2) is 5.94. The first-order valence-electron chi connectivity index (χ1n) is 6.09. The molecule has 0 saturated carbocycles. The van der Waals surface area contributed by atoms with E-state index in [2.05, 4.69) is 20.0 Å². The fourth-order valence-electron chi connectivity index (χ4n) is 1.81. The van der Waals surface area contributed by atoms with Gasteiger partial charge in [0.2, 0.25) is 0 Å². The molecule has 0 aliphatic heterocycles. The molecule has 20 heavy (non-hydrogen) atoms. The zero-order valence-electron chi connectivity index (χ0n) is 10.5. The SMILES string of the molecule is S=C(NCc1ccncc1)Nc1ccc2sncc2c1. The van der Waals surface area contributed by atoms with E-state index in [9.17, 15) is 0 Å². The summed E-state index contributed by atoms with van der Waals surface area (Å²) in [6, 6.07) is 10.00. The zero-order chi connectivity index (χ0) is 13.8. The Labute approximate surface area is 126 Å². The number of hydrogen-bond donors (Lipinski definition) is 2. The molecule has 6 heteroatoms. The van der Waals surface area contributed by atoms with Gasteiger partial charge in [-0.1, -0.05) is 0 Å². The Morgan fingerprint density at radius 2 is 2.05 bits per heavy atom. The van der Waals surface area contributed by atoms with Crippen LogP contribution in [0.25, 0.3) is 10.1 Å². The van der Waals surface area contributed by atoms with Gasteiger partial charge in [-0.3, -0.25) is 4.98 Å². The summed E-state index contributed by atoms with van der Waals surface area (Å²) in [6.45, 7) is 0.677. The summed E-state index contributed by atoms with van der Waals surface area (Å²) in [5.74, 6) is 0. The second-order valence-electron chi connectivity index (χ2n) is 4.24. The van der Waals surface area contributed by atoms with Crippen molar-refractivity contribution in [2.75, 3.05) is 5.32 Å². The van der Waals surface area contributed by atoms with Crippen LogP contribution in [0.3, 0.4) is 0 Å². The molecule has 0 atom stereocenters. The van der Waals surface area contributed by atoms with Gasteiger partial charge >= 0.3 is 0 Å². The average Bonchev–Trinajstić information content (AvgIpc) is 2.94. The summed E-state index contributed by atoms with van der Waals surface area (Å²) in [5, 5.41) is 8.07. The van der Waals surface area contributed by atoms with Gasteiger partial charge in [-0.05, 0) is 59.6 Å². The molecule has 0 saturated heterocycles. The van der Waals surface area contributed by atoms with Crippen LogP contribution in [0.4, 0.5) is 5.69 Å². The van der Waals surface area contributed by atoms with Gasteiger partial charge in [-0.15, -0.1) is 0 Å². The highest BCUT2D eigenvalue weighted by Gasteiger charge is 2.01. The van der Waals surface area contributed by atoms with Gasteiger partial charge in [0.25, 0.3) is 0 Å². The van der Waals surface area contributed by atoms with Crippen molar-refractivity contribution < 1.29 is 0 Å². The molecule has 1 aromatic carbocycles. The number of fused-ring (bicyclic) bond motifs is 1. The van der Waals surface area contributed by atoms with Crippen molar-refractivity contribution >= 4 is 44.6 Å². The lowest BCUT2D eigenvalue weighted by atomic mass is 10.2. The summed E-state index contributed by atoms with van der Waals surface area (Å²) in [5.41, 5.74) is 2.10. The van der Waals surface area contributed by atoms with Crippen LogP contribution >= 0.6 is 23.8 Å². The van der Waals surface area contributed by atoms with E-state index in [-0.39, 0.29) is 0 Å². The number of nitrogens with zero attached hydrogens (tertiary/aromatic N) is 2. The summed E-state index contributed by atoms with van der Waals surface area (Å²) in [7, 11) is 0. The molecule has 0 radical (unpaired) electrons. The molecular formula is C14H12N4S2. The minimum atomic E-state index is 0.601. The Hall–Kier alpha value is -2.05. The molecule has 4 nitrogen and oxygen atoms in total. The molecule has 0 amide bonds. The topological polar surface area (TPSA) is 49.8 Å².